The third kappa shape index (κ3) is 5.06. The van der Waals surface area contributed by atoms with Crippen LogP contribution in [0, 0.1) is 5.92 Å². The van der Waals surface area contributed by atoms with Crippen LogP contribution in [0.25, 0.3) is 0 Å². The van der Waals surface area contributed by atoms with Crippen LogP contribution in [0.1, 0.15) is 42.4 Å². The van der Waals surface area contributed by atoms with E-state index in [9.17, 15) is 4.79 Å². The molecular weight excluding hydrogens is 396 g/mol. The highest BCUT2D eigenvalue weighted by Gasteiger charge is 2.26. The van der Waals surface area contributed by atoms with Crippen molar-refractivity contribution in [3.8, 4) is 5.75 Å². The van der Waals surface area contributed by atoms with Gasteiger partial charge in [-0.2, -0.15) is 0 Å². The summed E-state index contributed by atoms with van der Waals surface area (Å²) in [4.78, 5) is 15.5. The van der Waals surface area contributed by atoms with Crippen LogP contribution in [0.2, 0.25) is 5.02 Å². The molecule has 1 heterocycles. The highest BCUT2D eigenvalue weighted by molar-refractivity contribution is 6.30. The topological polar surface area (TPSA) is 34.5 Å². The molecule has 1 amide bonds. The lowest BCUT2D eigenvalue weighted by Crippen LogP contribution is -2.41. The first-order valence-corrected chi connectivity index (χ1v) is 10.6. The number of halogens is 1. The van der Waals surface area contributed by atoms with Crippen molar-refractivity contribution in [1.29, 1.82) is 0 Å². The largest absolute Gasteiger partial charge is 0.496 e. The fourth-order valence-corrected chi connectivity index (χ4v) is 3.70. The van der Waals surface area contributed by atoms with Crippen molar-refractivity contribution in [2.24, 2.45) is 5.92 Å². The van der Waals surface area contributed by atoms with Gasteiger partial charge in [-0.15, -0.1) is 0 Å². The maximum atomic E-state index is 13.5. The van der Waals surface area contributed by atoms with E-state index in [0.29, 0.717) is 30.3 Å². The first-order valence-electron chi connectivity index (χ1n) is 10.2. The van der Waals surface area contributed by atoms with Crippen molar-refractivity contribution in [3.63, 3.8) is 0 Å². The summed E-state index contributed by atoms with van der Waals surface area (Å²) >= 11 is 6.15. The number of aromatic nitrogens is 1. The van der Waals surface area contributed by atoms with Crippen LogP contribution in [0.5, 0.6) is 5.75 Å². The van der Waals surface area contributed by atoms with Crippen molar-refractivity contribution in [2.75, 3.05) is 7.11 Å². The van der Waals surface area contributed by atoms with Crippen molar-refractivity contribution >= 4 is 17.5 Å². The number of para-hydroxylation sites is 1. The summed E-state index contributed by atoms with van der Waals surface area (Å²) < 4.78 is 7.61. The van der Waals surface area contributed by atoms with Crippen molar-refractivity contribution in [3.05, 3.63) is 88.7 Å². The van der Waals surface area contributed by atoms with E-state index < -0.39 is 0 Å². The third-order valence-corrected chi connectivity index (χ3v) is 5.79. The molecule has 0 radical (unpaired) electrons. The SMILES string of the molecule is COc1ccccc1C(=O)N(Cc1cccn1Cc1cccc(Cl)c1)C(C)C(C)C. The van der Waals surface area contributed by atoms with Crippen LogP contribution in [-0.2, 0) is 13.1 Å². The van der Waals surface area contributed by atoms with Gasteiger partial charge < -0.3 is 14.2 Å². The Balaban J connectivity index is 1.90. The first kappa shape index (κ1) is 22.0. The number of amides is 1. The van der Waals surface area contributed by atoms with Crippen LogP contribution in [-0.4, -0.2) is 28.5 Å². The molecule has 0 saturated heterocycles. The Hall–Kier alpha value is -2.72. The number of methoxy groups -OCH3 is 1. The lowest BCUT2D eigenvalue weighted by atomic mass is 10.0. The highest BCUT2D eigenvalue weighted by Crippen LogP contribution is 2.24. The van der Waals surface area contributed by atoms with E-state index in [-0.39, 0.29) is 11.9 Å². The highest BCUT2D eigenvalue weighted by atomic mass is 35.5. The number of carbonyl (C=O) groups is 1. The minimum Gasteiger partial charge on any atom is -0.496 e. The maximum absolute atomic E-state index is 13.5. The number of hydrogen-bond acceptors (Lipinski definition) is 2. The molecule has 0 spiro atoms. The molecule has 0 bridgehead atoms. The van der Waals surface area contributed by atoms with E-state index in [1.54, 1.807) is 7.11 Å². The second-order valence-electron chi connectivity index (χ2n) is 7.88. The van der Waals surface area contributed by atoms with E-state index in [4.69, 9.17) is 16.3 Å². The van der Waals surface area contributed by atoms with E-state index in [2.05, 4.69) is 37.5 Å². The molecule has 1 atom stereocenters. The lowest BCUT2D eigenvalue weighted by molar-refractivity contribution is 0.0619. The minimum absolute atomic E-state index is 0.0239. The van der Waals surface area contributed by atoms with Crippen LogP contribution in [0.3, 0.4) is 0 Å². The Bertz CT molecular complexity index is 996. The second-order valence-corrected chi connectivity index (χ2v) is 8.31. The molecule has 1 unspecified atom stereocenters. The number of carbonyl (C=O) groups excluding carboxylic acids is 1. The molecule has 4 nitrogen and oxygen atoms in total. The van der Waals surface area contributed by atoms with Gasteiger partial charge in [0.25, 0.3) is 5.91 Å². The minimum atomic E-state index is -0.0239. The molecule has 1 aromatic heterocycles. The molecule has 0 N–H and O–H groups in total. The molecule has 0 aliphatic heterocycles. The van der Waals surface area contributed by atoms with Gasteiger partial charge in [-0.25, -0.2) is 0 Å². The molecule has 0 saturated carbocycles. The predicted molar refractivity (Wildman–Crippen MR) is 122 cm³/mol. The molecule has 30 heavy (non-hydrogen) atoms. The zero-order valence-electron chi connectivity index (χ0n) is 18.0. The molecule has 0 aliphatic carbocycles. The monoisotopic (exact) mass is 424 g/mol. The van der Waals surface area contributed by atoms with Gasteiger partial charge in [0, 0.05) is 29.5 Å². The molecule has 158 valence electrons. The summed E-state index contributed by atoms with van der Waals surface area (Å²) in [5, 5.41) is 0.725. The second kappa shape index (κ2) is 9.86. The summed E-state index contributed by atoms with van der Waals surface area (Å²) in [5.74, 6) is 0.891. The Kier molecular flexibility index (Phi) is 7.22. The Morgan fingerprint density at radius 2 is 1.83 bits per heavy atom. The zero-order chi connectivity index (χ0) is 21.7. The van der Waals surface area contributed by atoms with Gasteiger partial charge in [0.15, 0.2) is 0 Å². The zero-order valence-corrected chi connectivity index (χ0v) is 18.8. The number of nitrogens with zero attached hydrogens (tertiary/aromatic N) is 2. The molecule has 3 rings (SSSR count). The smallest absolute Gasteiger partial charge is 0.258 e. The molecular formula is C25H29ClN2O2. The number of rotatable bonds is 8. The quantitative estimate of drug-likeness (QED) is 0.452. The van der Waals surface area contributed by atoms with Crippen LogP contribution < -0.4 is 4.74 Å². The van der Waals surface area contributed by atoms with Crippen molar-refractivity contribution < 1.29 is 9.53 Å². The van der Waals surface area contributed by atoms with Crippen molar-refractivity contribution in [1.82, 2.24) is 9.47 Å². The maximum Gasteiger partial charge on any atom is 0.258 e. The Labute approximate surface area is 184 Å². The normalized spacial score (nSPS) is 12.1. The Morgan fingerprint density at radius 3 is 2.53 bits per heavy atom. The third-order valence-electron chi connectivity index (χ3n) is 5.55. The fraction of sp³-hybridized carbons (Fsp3) is 0.320. The molecule has 3 aromatic rings. The molecule has 2 aromatic carbocycles. The molecule has 5 heteroatoms. The van der Waals surface area contributed by atoms with E-state index in [0.717, 1.165) is 16.3 Å². The standard InChI is InChI=1S/C25H29ClN2O2/c1-18(2)19(3)28(25(29)23-12-5-6-13-24(23)30-4)17-22-11-8-14-27(22)16-20-9-7-10-21(26)15-20/h5-15,18-19H,16-17H2,1-4H3. The van der Waals surface area contributed by atoms with Crippen molar-refractivity contribution in [2.45, 2.75) is 39.9 Å². The average molecular weight is 425 g/mol. The summed E-state index contributed by atoms with van der Waals surface area (Å²) in [6.45, 7) is 7.60. The van der Waals surface area contributed by atoms with E-state index in [1.165, 1.54) is 0 Å². The van der Waals surface area contributed by atoms with Gasteiger partial charge in [-0.05, 0) is 54.8 Å². The summed E-state index contributed by atoms with van der Waals surface area (Å²) in [6, 6.07) is 19.4. The molecule has 0 fully saturated rings. The number of hydrogen-bond donors (Lipinski definition) is 0. The number of ether oxygens (including phenoxy) is 1. The fourth-order valence-electron chi connectivity index (χ4n) is 3.49. The van der Waals surface area contributed by atoms with Gasteiger partial charge in [-0.1, -0.05) is 49.7 Å². The summed E-state index contributed by atoms with van der Waals surface area (Å²) in [7, 11) is 1.60. The summed E-state index contributed by atoms with van der Waals surface area (Å²) in [5.41, 5.74) is 2.78. The van der Waals surface area contributed by atoms with Gasteiger partial charge in [-0.3, -0.25) is 4.79 Å². The van der Waals surface area contributed by atoms with Gasteiger partial charge in [0.05, 0.1) is 19.2 Å². The average Bonchev–Trinajstić information content (AvgIpc) is 3.17. The van der Waals surface area contributed by atoms with Crippen LogP contribution >= 0.6 is 11.6 Å². The van der Waals surface area contributed by atoms with Gasteiger partial charge in [0.2, 0.25) is 0 Å². The van der Waals surface area contributed by atoms with E-state index in [1.807, 2.05) is 59.6 Å². The van der Waals surface area contributed by atoms with Gasteiger partial charge in [0.1, 0.15) is 5.75 Å². The molecule has 0 aliphatic rings. The number of benzene rings is 2. The Morgan fingerprint density at radius 1 is 1.07 bits per heavy atom. The van der Waals surface area contributed by atoms with Gasteiger partial charge >= 0.3 is 0 Å². The van der Waals surface area contributed by atoms with E-state index >= 15 is 0 Å². The first-order chi connectivity index (χ1) is 14.4. The predicted octanol–water partition coefficient (Wildman–Crippen LogP) is 5.89. The van der Waals surface area contributed by atoms with Crippen LogP contribution in [0.4, 0.5) is 0 Å². The van der Waals surface area contributed by atoms with Crippen LogP contribution in [0.15, 0.2) is 66.9 Å². The lowest BCUT2D eigenvalue weighted by Gasteiger charge is -2.32. The summed E-state index contributed by atoms with van der Waals surface area (Å²) in [6.07, 6.45) is 2.04.